The van der Waals surface area contributed by atoms with Crippen molar-refractivity contribution in [2.24, 2.45) is 7.05 Å². The summed E-state index contributed by atoms with van der Waals surface area (Å²) in [6, 6.07) is 0. The lowest BCUT2D eigenvalue weighted by molar-refractivity contribution is -0.120. The summed E-state index contributed by atoms with van der Waals surface area (Å²) in [5, 5.41) is 8.90. The molecule has 0 aliphatic rings. The van der Waals surface area contributed by atoms with Gasteiger partial charge in [0.25, 0.3) is 5.91 Å². The van der Waals surface area contributed by atoms with E-state index in [2.05, 4.69) is 15.7 Å². The minimum atomic E-state index is -0.477. The van der Waals surface area contributed by atoms with Crippen LogP contribution in [0.15, 0.2) is 6.20 Å². The number of aromatic nitrogens is 2. The lowest BCUT2D eigenvalue weighted by Crippen LogP contribution is -2.38. The molecule has 0 spiro atoms. The van der Waals surface area contributed by atoms with Crippen molar-refractivity contribution >= 4 is 17.5 Å². The highest BCUT2D eigenvalue weighted by molar-refractivity contribution is 5.98. The number of anilines is 1. The minimum absolute atomic E-state index is 0.113. The summed E-state index contributed by atoms with van der Waals surface area (Å²) in [6.45, 7) is 0.697. The fourth-order valence-electron chi connectivity index (χ4n) is 1.28. The zero-order chi connectivity index (χ0) is 13.5. The number of nitrogens with one attached hydrogen (secondary N) is 2. The number of nitrogens with two attached hydrogens (primary N) is 1. The molecule has 0 radical (unpaired) electrons. The van der Waals surface area contributed by atoms with Crippen molar-refractivity contribution in [1.82, 2.24) is 20.4 Å². The Morgan fingerprint density at radius 3 is 2.78 bits per heavy atom. The largest absolute Gasteiger partial charge is 0.396 e. The van der Waals surface area contributed by atoms with Gasteiger partial charge in [-0.15, -0.1) is 0 Å². The van der Waals surface area contributed by atoms with Crippen LogP contribution in [0.5, 0.6) is 0 Å². The molecule has 1 aromatic rings. The Morgan fingerprint density at radius 1 is 1.50 bits per heavy atom. The molecule has 4 N–H and O–H groups in total. The number of ether oxygens (including phenoxy) is 1. The van der Waals surface area contributed by atoms with E-state index in [1.807, 2.05) is 0 Å². The number of carbonyl (C=O) groups excluding carboxylic acids is 2. The molecule has 1 heterocycles. The lowest BCUT2D eigenvalue weighted by Gasteiger charge is -2.05. The lowest BCUT2D eigenvalue weighted by atomic mass is 10.3. The third-order valence-electron chi connectivity index (χ3n) is 2.11. The van der Waals surface area contributed by atoms with Crippen molar-refractivity contribution < 1.29 is 14.3 Å². The second kappa shape index (κ2) is 6.60. The molecule has 0 saturated heterocycles. The second-order valence-electron chi connectivity index (χ2n) is 3.63. The molecular weight excluding hydrogens is 238 g/mol. The van der Waals surface area contributed by atoms with Gasteiger partial charge in [-0.05, 0) is 0 Å². The molecule has 0 saturated carbocycles. The molecule has 100 valence electrons. The Labute approximate surface area is 104 Å². The van der Waals surface area contributed by atoms with Gasteiger partial charge in [0, 0.05) is 26.9 Å². The maximum atomic E-state index is 11.6. The first-order valence-electron chi connectivity index (χ1n) is 5.37. The topological polar surface area (TPSA) is 111 Å². The summed E-state index contributed by atoms with van der Waals surface area (Å²) in [4.78, 5) is 22.9. The average Bonchev–Trinajstić information content (AvgIpc) is 2.66. The molecule has 0 aliphatic carbocycles. The van der Waals surface area contributed by atoms with E-state index < -0.39 is 5.91 Å². The fraction of sp³-hybridized carbons (Fsp3) is 0.500. The standard InChI is InChI=1S/C10H17N5O3/c1-15-6-7(11)9(14-15)10(17)13-5-8(16)12-3-4-18-2/h6H,3-5,11H2,1-2H3,(H,12,16)(H,13,17). The van der Waals surface area contributed by atoms with E-state index in [-0.39, 0.29) is 23.8 Å². The Hall–Kier alpha value is -2.09. The van der Waals surface area contributed by atoms with Gasteiger partial charge in [-0.2, -0.15) is 5.10 Å². The summed E-state index contributed by atoms with van der Waals surface area (Å²) in [7, 11) is 3.20. The van der Waals surface area contributed by atoms with Crippen molar-refractivity contribution in [3.8, 4) is 0 Å². The predicted octanol–water partition coefficient (Wildman–Crippen LogP) is -1.51. The Balaban J connectivity index is 2.37. The van der Waals surface area contributed by atoms with E-state index in [9.17, 15) is 9.59 Å². The highest BCUT2D eigenvalue weighted by atomic mass is 16.5. The van der Waals surface area contributed by atoms with Gasteiger partial charge >= 0.3 is 0 Å². The number of amides is 2. The minimum Gasteiger partial charge on any atom is -0.396 e. The quantitative estimate of drug-likeness (QED) is 0.535. The molecule has 1 rings (SSSR count). The fourth-order valence-corrected chi connectivity index (χ4v) is 1.28. The Bertz CT molecular complexity index is 429. The van der Waals surface area contributed by atoms with Gasteiger partial charge in [0.1, 0.15) is 0 Å². The third-order valence-corrected chi connectivity index (χ3v) is 2.11. The van der Waals surface area contributed by atoms with Crippen molar-refractivity contribution in [3.63, 3.8) is 0 Å². The van der Waals surface area contributed by atoms with E-state index in [4.69, 9.17) is 10.5 Å². The van der Waals surface area contributed by atoms with Crippen LogP contribution >= 0.6 is 0 Å². The molecule has 18 heavy (non-hydrogen) atoms. The van der Waals surface area contributed by atoms with Crippen LogP contribution < -0.4 is 16.4 Å². The molecule has 0 atom stereocenters. The van der Waals surface area contributed by atoms with Crippen LogP contribution in [0.25, 0.3) is 0 Å². The molecule has 2 amide bonds. The van der Waals surface area contributed by atoms with Crippen LogP contribution in [0.1, 0.15) is 10.5 Å². The highest BCUT2D eigenvalue weighted by Gasteiger charge is 2.14. The summed E-state index contributed by atoms with van der Waals surface area (Å²) >= 11 is 0. The Morgan fingerprint density at radius 2 is 2.22 bits per heavy atom. The second-order valence-corrected chi connectivity index (χ2v) is 3.63. The van der Waals surface area contributed by atoms with Crippen LogP contribution in [-0.4, -0.2) is 48.4 Å². The van der Waals surface area contributed by atoms with Crippen LogP contribution in [-0.2, 0) is 16.6 Å². The number of hydrogen-bond acceptors (Lipinski definition) is 5. The van der Waals surface area contributed by atoms with E-state index in [0.717, 1.165) is 0 Å². The van der Waals surface area contributed by atoms with Gasteiger partial charge in [0.15, 0.2) is 5.69 Å². The van der Waals surface area contributed by atoms with E-state index in [0.29, 0.717) is 13.2 Å². The van der Waals surface area contributed by atoms with Crippen molar-refractivity contribution in [3.05, 3.63) is 11.9 Å². The van der Waals surface area contributed by atoms with Crippen molar-refractivity contribution in [1.29, 1.82) is 0 Å². The molecule has 8 nitrogen and oxygen atoms in total. The van der Waals surface area contributed by atoms with Gasteiger partial charge in [-0.1, -0.05) is 0 Å². The number of aryl methyl sites for hydroxylation is 1. The first-order chi connectivity index (χ1) is 8.54. The number of nitrogens with zero attached hydrogens (tertiary/aromatic N) is 2. The maximum Gasteiger partial charge on any atom is 0.274 e. The number of nitrogen functional groups attached to an aromatic ring is 1. The monoisotopic (exact) mass is 255 g/mol. The maximum absolute atomic E-state index is 11.6. The normalized spacial score (nSPS) is 10.1. The predicted molar refractivity (Wildman–Crippen MR) is 64.8 cm³/mol. The van der Waals surface area contributed by atoms with Gasteiger partial charge in [-0.3, -0.25) is 14.3 Å². The average molecular weight is 255 g/mol. The van der Waals surface area contributed by atoms with Crippen LogP contribution in [0.3, 0.4) is 0 Å². The van der Waals surface area contributed by atoms with E-state index >= 15 is 0 Å². The molecule has 0 bridgehead atoms. The van der Waals surface area contributed by atoms with Gasteiger partial charge in [0.05, 0.1) is 18.8 Å². The summed E-state index contributed by atoms with van der Waals surface area (Å²) < 4.78 is 6.21. The summed E-state index contributed by atoms with van der Waals surface area (Å²) in [5.74, 6) is -0.773. The highest BCUT2D eigenvalue weighted by Crippen LogP contribution is 2.06. The van der Waals surface area contributed by atoms with E-state index in [1.54, 1.807) is 7.05 Å². The number of hydrogen-bond donors (Lipinski definition) is 3. The molecular formula is C10H17N5O3. The number of carbonyl (C=O) groups is 2. The van der Waals surface area contributed by atoms with Gasteiger partial charge in [-0.25, -0.2) is 0 Å². The van der Waals surface area contributed by atoms with Crippen LogP contribution in [0.4, 0.5) is 5.69 Å². The third kappa shape index (κ3) is 4.06. The SMILES string of the molecule is COCCNC(=O)CNC(=O)c1nn(C)cc1N. The van der Waals surface area contributed by atoms with Crippen LogP contribution in [0.2, 0.25) is 0 Å². The molecule has 0 aliphatic heterocycles. The van der Waals surface area contributed by atoms with Gasteiger partial charge < -0.3 is 21.1 Å². The number of methoxy groups -OCH3 is 1. The Kier molecular flexibility index (Phi) is 5.12. The molecule has 0 aromatic carbocycles. The molecule has 1 aromatic heterocycles. The zero-order valence-electron chi connectivity index (χ0n) is 10.4. The van der Waals surface area contributed by atoms with Crippen molar-refractivity contribution in [2.75, 3.05) is 32.5 Å². The first-order valence-corrected chi connectivity index (χ1v) is 5.37. The van der Waals surface area contributed by atoms with Crippen molar-refractivity contribution in [2.45, 2.75) is 0 Å². The summed E-state index contributed by atoms with van der Waals surface area (Å²) in [5.41, 5.74) is 5.97. The molecule has 0 unspecified atom stereocenters. The molecule has 0 fully saturated rings. The van der Waals surface area contributed by atoms with Gasteiger partial charge in [0.2, 0.25) is 5.91 Å². The molecule has 8 heteroatoms. The first kappa shape index (κ1) is 14.0. The number of rotatable bonds is 6. The summed E-state index contributed by atoms with van der Waals surface area (Å²) in [6.07, 6.45) is 1.52. The van der Waals surface area contributed by atoms with Crippen LogP contribution in [0, 0.1) is 0 Å². The van der Waals surface area contributed by atoms with E-state index in [1.165, 1.54) is 18.0 Å². The zero-order valence-corrected chi connectivity index (χ0v) is 10.4. The smallest absolute Gasteiger partial charge is 0.274 e.